The number of amides is 1. The third-order valence-corrected chi connectivity index (χ3v) is 4.13. The van der Waals surface area contributed by atoms with Crippen LogP contribution < -0.4 is 15.8 Å². The first kappa shape index (κ1) is 17.4. The van der Waals surface area contributed by atoms with E-state index in [1.54, 1.807) is 0 Å². The molecule has 1 aromatic carbocycles. The van der Waals surface area contributed by atoms with Gasteiger partial charge in [0.05, 0.1) is 13.2 Å². The SMILES string of the molecule is CC(C)c1cccc(OCCCc2nnc(NC(=O)CN)s2)c1. The maximum absolute atomic E-state index is 11.2. The van der Waals surface area contributed by atoms with Crippen molar-refractivity contribution in [1.29, 1.82) is 0 Å². The molecule has 0 aliphatic heterocycles. The van der Waals surface area contributed by atoms with Gasteiger partial charge in [-0.25, -0.2) is 0 Å². The lowest BCUT2D eigenvalue weighted by Gasteiger charge is -2.09. The van der Waals surface area contributed by atoms with E-state index in [1.807, 2.05) is 12.1 Å². The molecule has 0 bridgehead atoms. The molecule has 6 nitrogen and oxygen atoms in total. The standard InChI is InChI=1S/C16H22N4O2S/c1-11(2)12-5-3-6-13(9-12)22-8-4-7-15-19-20-16(23-15)18-14(21)10-17/h3,5-6,9,11H,4,7-8,10,17H2,1-2H3,(H,18,20,21). The number of carbonyl (C=O) groups excluding carboxylic acids is 1. The maximum Gasteiger partial charge on any atom is 0.239 e. The van der Waals surface area contributed by atoms with E-state index in [0.29, 0.717) is 17.7 Å². The summed E-state index contributed by atoms with van der Waals surface area (Å²) in [5, 5.41) is 11.9. The first-order valence-electron chi connectivity index (χ1n) is 7.63. The number of carbonyl (C=O) groups is 1. The number of nitrogens with zero attached hydrogens (tertiary/aromatic N) is 2. The Kier molecular flexibility index (Phi) is 6.49. The molecule has 124 valence electrons. The molecule has 0 aliphatic carbocycles. The fraction of sp³-hybridized carbons (Fsp3) is 0.438. The van der Waals surface area contributed by atoms with E-state index in [1.165, 1.54) is 16.9 Å². The molecule has 1 aromatic heterocycles. The highest BCUT2D eigenvalue weighted by Gasteiger charge is 2.07. The highest BCUT2D eigenvalue weighted by molar-refractivity contribution is 7.15. The number of rotatable bonds is 8. The Balaban J connectivity index is 1.75. The summed E-state index contributed by atoms with van der Waals surface area (Å²) >= 11 is 1.36. The first-order chi connectivity index (χ1) is 11.1. The van der Waals surface area contributed by atoms with Crippen molar-refractivity contribution in [3.63, 3.8) is 0 Å². The fourth-order valence-electron chi connectivity index (χ4n) is 1.95. The molecular weight excluding hydrogens is 312 g/mol. The van der Waals surface area contributed by atoms with Crippen LogP contribution in [0.1, 0.15) is 36.8 Å². The summed E-state index contributed by atoms with van der Waals surface area (Å²) in [6.45, 7) is 4.88. The second-order valence-electron chi connectivity index (χ2n) is 5.43. The van der Waals surface area contributed by atoms with Crippen LogP contribution >= 0.6 is 11.3 Å². The van der Waals surface area contributed by atoms with Gasteiger partial charge in [-0.15, -0.1) is 10.2 Å². The lowest BCUT2D eigenvalue weighted by Crippen LogP contribution is -2.21. The third kappa shape index (κ3) is 5.61. The maximum atomic E-state index is 11.2. The summed E-state index contributed by atoms with van der Waals surface area (Å²) in [7, 11) is 0. The average Bonchev–Trinajstić information content (AvgIpc) is 2.99. The summed E-state index contributed by atoms with van der Waals surface area (Å²) in [4.78, 5) is 11.2. The second kappa shape index (κ2) is 8.59. The van der Waals surface area contributed by atoms with Gasteiger partial charge in [0.1, 0.15) is 10.8 Å². The molecule has 7 heteroatoms. The molecule has 0 aliphatic rings. The summed E-state index contributed by atoms with van der Waals surface area (Å²) in [6.07, 6.45) is 1.60. The van der Waals surface area contributed by atoms with Crippen LogP contribution in [0.4, 0.5) is 5.13 Å². The van der Waals surface area contributed by atoms with Gasteiger partial charge in [0.25, 0.3) is 0 Å². The zero-order valence-corrected chi connectivity index (χ0v) is 14.2. The summed E-state index contributed by atoms with van der Waals surface area (Å²) in [5.41, 5.74) is 6.51. The van der Waals surface area contributed by atoms with Crippen LogP contribution in [-0.4, -0.2) is 29.3 Å². The molecule has 2 rings (SSSR count). The van der Waals surface area contributed by atoms with Crippen LogP contribution in [0.2, 0.25) is 0 Å². The lowest BCUT2D eigenvalue weighted by atomic mass is 10.0. The molecule has 0 unspecified atom stereocenters. The lowest BCUT2D eigenvalue weighted by molar-refractivity contribution is -0.114. The Morgan fingerprint density at radius 2 is 2.22 bits per heavy atom. The van der Waals surface area contributed by atoms with Gasteiger partial charge in [-0.2, -0.15) is 0 Å². The Morgan fingerprint density at radius 3 is 2.96 bits per heavy atom. The van der Waals surface area contributed by atoms with Gasteiger partial charge in [-0.05, 0) is 30.0 Å². The molecule has 1 heterocycles. The minimum absolute atomic E-state index is 0.0573. The number of aryl methyl sites for hydroxylation is 1. The Morgan fingerprint density at radius 1 is 1.39 bits per heavy atom. The van der Waals surface area contributed by atoms with Gasteiger partial charge < -0.3 is 10.5 Å². The normalized spacial score (nSPS) is 10.8. The van der Waals surface area contributed by atoms with Crippen LogP contribution in [0.5, 0.6) is 5.75 Å². The number of nitrogens with two attached hydrogens (primary N) is 1. The van der Waals surface area contributed by atoms with Gasteiger partial charge in [-0.3, -0.25) is 10.1 Å². The van der Waals surface area contributed by atoms with Crippen LogP contribution in [0.25, 0.3) is 0 Å². The zero-order valence-electron chi connectivity index (χ0n) is 13.4. The number of nitrogens with one attached hydrogen (secondary N) is 1. The van der Waals surface area contributed by atoms with Gasteiger partial charge in [-0.1, -0.05) is 37.3 Å². The van der Waals surface area contributed by atoms with Gasteiger partial charge in [0, 0.05) is 6.42 Å². The number of anilines is 1. The molecule has 0 saturated carbocycles. The number of ether oxygens (including phenoxy) is 1. The molecule has 23 heavy (non-hydrogen) atoms. The Labute approximate surface area is 140 Å². The van der Waals surface area contributed by atoms with E-state index in [9.17, 15) is 4.79 Å². The van der Waals surface area contributed by atoms with Crippen LogP contribution in [0.3, 0.4) is 0 Å². The highest BCUT2D eigenvalue weighted by atomic mass is 32.1. The van der Waals surface area contributed by atoms with E-state index < -0.39 is 0 Å². The molecule has 2 aromatic rings. The fourth-order valence-corrected chi connectivity index (χ4v) is 2.75. The predicted molar refractivity (Wildman–Crippen MR) is 91.9 cm³/mol. The molecule has 3 N–H and O–H groups in total. The number of aromatic nitrogens is 2. The Hall–Kier alpha value is -1.99. The molecule has 0 spiro atoms. The van der Waals surface area contributed by atoms with Crippen LogP contribution in [0.15, 0.2) is 24.3 Å². The quantitative estimate of drug-likeness (QED) is 0.724. The van der Waals surface area contributed by atoms with Crippen molar-refractivity contribution in [1.82, 2.24) is 10.2 Å². The largest absolute Gasteiger partial charge is 0.494 e. The van der Waals surface area contributed by atoms with Crippen molar-refractivity contribution in [2.75, 3.05) is 18.5 Å². The van der Waals surface area contributed by atoms with Gasteiger partial charge in [0.2, 0.25) is 11.0 Å². The van der Waals surface area contributed by atoms with E-state index in [-0.39, 0.29) is 12.5 Å². The molecule has 0 radical (unpaired) electrons. The van der Waals surface area contributed by atoms with E-state index in [2.05, 4.69) is 41.5 Å². The first-order valence-corrected chi connectivity index (χ1v) is 8.45. The van der Waals surface area contributed by atoms with Crippen molar-refractivity contribution in [3.8, 4) is 5.75 Å². The van der Waals surface area contributed by atoms with E-state index in [0.717, 1.165) is 23.6 Å². The number of hydrogen-bond donors (Lipinski definition) is 2. The highest BCUT2D eigenvalue weighted by Crippen LogP contribution is 2.21. The van der Waals surface area contributed by atoms with Gasteiger partial charge >= 0.3 is 0 Å². The van der Waals surface area contributed by atoms with Crippen molar-refractivity contribution in [3.05, 3.63) is 34.8 Å². The monoisotopic (exact) mass is 334 g/mol. The Bertz CT molecular complexity index is 643. The van der Waals surface area contributed by atoms with Crippen molar-refractivity contribution in [2.24, 2.45) is 5.73 Å². The molecule has 0 fully saturated rings. The smallest absolute Gasteiger partial charge is 0.239 e. The second-order valence-corrected chi connectivity index (χ2v) is 6.49. The summed E-state index contributed by atoms with van der Waals surface area (Å²) in [5.74, 6) is 1.12. The van der Waals surface area contributed by atoms with Crippen LogP contribution in [-0.2, 0) is 11.2 Å². The number of benzene rings is 1. The molecule has 1 amide bonds. The minimum atomic E-state index is -0.263. The van der Waals surface area contributed by atoms with E-state index in [4.69, 9.17) is 10.5 Å². The van der Waals surface area contributed by atoms with Crippen molar-refractivity contribution < 1.29 is 9.53 Å². The minimum Gasteiger partial charge on any atom is -0.494 e. The molecule has 0 atom stereocenters. The summed E-state index contributed by atoms with van der Waals surface area (Å²) < 4.78 is 5.78. The van der Waals surface area contributed by atoms with E-state index >= 15 is 0 Å². The zero-order chi connectivity index (χ0) is 16.7. The predicted octanol–water partition coefficient (Wildman–Crippen LogP) is 2.57. The van der Waals surface area contributed by atoms with Crippen LogP contribution in [0, 0.1) is 0 Å². The van der Waals surface area contributed by atoms with Crippen molar-refractivity contribution in [2.45, 2.75) is 32.6 Å². The third-order valence-electron chi connectivity index (χ3n) is 3.23. The van der Waals surface area contributed by atoms with Gasteiger partial charge in [0.15, 0.2) is 0 Å². The molecular formula is C16H22N4O2S. The summed E-state index contributed by atoms with van der Waals surface area (Å²) in [6, 6.07) is 8.17. The number of hydrogen-bond acceptors (Lipinski definition) is 6. The topological polar surface area (TPSA) is 90.1 Å². The average molecular weight is 334 g/mol. The van der Waals surface area contributed by atoms with Crippen molar-refractivity contribution >= 4 is 22.4 Å². The molecule has 0 saturated heterocycles.